The van der Waals surface area contributed by atoms with Crippen LogP contribution in [-0.4, -0.2) is 35.8 Å². The molecule has 5 nitrogen and oxygen atoms in total. The Morgan fingerprint density at radius 2 is 2.22 bits per heavy atom. The Hall–Kier alpha value is -1.11. The minimum absolute atomic E-state index is 0.0619. The van der Waals surface area contributed by atoms with Gasteiger partial charge >= 0.3 is 0 Å². The molecule has 1 aliphatic heterocycles. The molecular weight excluding hydrogens is 300 g/mol. The van der Waals surface area contributed by atoms with Crippen molar-refractivity contribution in [1.29, 1.82) is 0 Å². The normalized spacial score (nSPS) is 17.6. The minimum Gasteiger partial charge on any atom is -0.395 e. The molecule has 1 unspecified atom stereocenters. The van der Waals surface area contributed by atoms with E-state index in [9.17, 15) is 9.90 Å². The number of fused-ring (bicyclic) bond motifs is 1. The lowest BCUT2D eigenvalue weighted by Gasteiger charge is -2.24. The number of hydrogen-bond acceptors (Lipinski definition) is 4. The number of nitrogens with one attached hydrogen (secondary N) is 1. The summed E-state index contributed by atoms with van der Waals surface area (Å²) in [7, 11) is 0. The molecule has 1 heterocycles. The van der Waals surface area contributed by atoms with E-state index in [1.807, 2.05) is 17.9 Å². The molecule has 1 aromatic carbocycles. The maximum absolute atomic E-state index is 11.4. The summed E-state index contributed by atoms with van der Waals surface area (Å²) in [5.41, 5.74) is 2.09. The maximum atomic E-state index is 11.4. The Labute approximate surface area is 114 Å². The second-order valence-corrected chi connectivity index (χ2v) is 4.94. The van der Waals surface area contributed by atoms with Gasteiger partial charge in [-0.15, -0.1) is 0 Å². The zero-order chi connectivity index (χ0) is 13.3. The van der Waals surface area contributed by atoms with E-state index in [0.717, 1.165) is 16.7 Å². The number of carbonyl (C=O) groups excluding carboxylic acids is 1. The van der Waals surface area contributed by atoms with E-state index in [1.165, 1.54) is 0 Å². The van der Waals surface area contributed by atoms with E-state index in [1.54, 1.807) is 6.07 Å². The highest BCUT2D eigenvalue weighted by molar-refractivity contribution is 9.10. The van der Waals surface area contributed by atoms with Gasteiger partial charge in [-0.3, -0.25) is 4.79 Å². The van der Waals surface area contributed by atoms with Crippen molar-refractivity contribution in [3.8, 4) is 0 Å². The van der Waals surface area contributed by atoms with Crippen LogP contribution in [0.2, 0.25) is 0 Å². The van der Waals surface area contributed by atoms with Crippen LogP contribution in [-0.2, 0) is 4.79 Å². The second-order valence-electron chi connectivity index (χ2n) is 4.09. The number of likely N-dealkylation sites (N-methyl/N-ethyl adjacent to an activating group) is 1. The fourth-order valence-electron chi connectivity index (χ4n) is 2.07. The van der Waals surface area contributed by atoms with Crippen LogP contribution in [0.4, 0.5) is 11.4 Å². The van der Waals surface area contributed by atoms with E-state index in [2.05, 4.69) is 21.2 Å². The topological polar surface area (TPSA) is 72.8 Å². The van der Waals surface area contributed by atoms with E-state index < -0.39 is 12.0 Å². The molecule has 6 heteroatoms. The van der Waals surface area contributed by atoms with Gasteiger partial charge in [0, 0.05) is 28.8 Å². The Bertz CT molecular complexity index is 479. The number of amides is 1. The van der Waals surface area contributed by atoms with Crippen LogP contribution in [0.5, 0.6) is 0 Å². The van der Waals surface area contributed by atoms with Gasteiger partial charge in [0.2, 0.25) is 0 Å². The molecule has 0 spiro atoms. The smallest absolute Gasteiger partial charge is 0.257 e. The van der Waals surface area contributed by atoms with Crippen molar-refractivity contribution in [1.82, 2.24) is 0 Å². The number of anilines is 2. The molecule has 2 rings (SSSR count). The van der Waals surface area contributed by atoms with Crippen molar-refractivity contribution in [2.45, 2.75) is 13.0 Å². The zero-order valence-electron chi connectivity index (χ0n) is 9.98. The van der Waals surface area contributed by atoms with Crippen LogP contribution in [0.3, 0.4) is 0 Å². The Balaban J connectivity index is 2.40. The summed E-state index contributed by atoms with van der Waals surface area (Å²) in [6.45, 7) is 3.31. The van der Waals surface area contributed by atoms with Gasteiger partial charge in [0.1, 0.15) is 0 Å². The first-order valence-electron chi connectivity index (χ1n) is 5.76. The molecule has 0 aliphatic carbocycles. The molecule has 0 bridgehead atoms. The van der Waals surface area contributed by atoms with E-state index in [-0.39, 0.29) is 6.61 Å². The van der Waals surface area contributed by atoms with E-state index in [4.69, 9.17) is 5.11 Å². The molecule has 1 aliphatic rings. The lowest BCUT2D eigenvalue weighted by atomic mass is 10.1. The number of aliphatic hydroxyl groups is 2. The largest absolute Gasteiger partial charge is 0.395 e. The third kappa shape index (κ3) is 2.23. The first-order chi connectivity index (χ1) is 8.58. The molecule has 0 saturated carbocycles. The van der Waals surface area contributed by atoms with Gasteiger partial charge in [0.05, 0.1) is 12.3 Å². The van der Waals surface area contributed by atoms with Crippen molar-refractivity contribution < 1.29 is 15.0 Å². The average molecular weight is 315 g/mol. The average Bonchev–Trinajstić information content (AvgIpc) is 2.62. The fraction of sp³-hybridized carbons (Fsp3) is 0.417. The monoisotopic (exact) mass is 314 g/mol. The third-order valence-corrected chi connectivity index (χ3v) is 3.65. The SMILES string of the molecule is CCN(CCO)c1cc2c(cc1Br)C(O)C(=O)N2. The van der Waals surface area contributed by atoms with E-state index >= 15 is 0 Å². The first-order valence-corrected chi connectivity index (χ1v) is 6.56. The van der Waals surface area contributed by atoms with Crippen LogP contribution in [0, 0.1) is 0 Å². The van der Waals surface area contributed by atoms with Crippen molar-refractivity contribution >= 4 is 33.2 Å². The van der Waals surface area contributed by atoms with Crippen LogP contribution in [0.1, 0.15) is 18.6 Å². The van der Waals surface area contributed by atoms with Crippen LogP contribution < -0.4 is 10.2 Å². The number of aliphatic hydroxyl groups excluding tert-OH is 2. The van der Waals surface area contributed by atoms with Gasteiger partial charge in [0.25, 0.3) is 5.91 Å². The van der Waals surface area contributed by atoms with Gasteiger partial charge in [0.15, 0.2) is 6.10 Å². The minimum atomic E-state index is -1.10. The molecule has 0 radical (unpaired) electrons. The van der Waals surface area contributed by atoms with Gasteiger partial charge in [-0.1, -0.05) is 0 Å². The molecule has 18 heavy (non-hydrogen) atoms. The molecule has 0 fully saturated rings. The highest BCUT2D eigenvalue weighted by Gasteiger charge is 2.29. The molecular formula is C12H15BrN2O3. The van der Waals surface area contributed by atoms with Gasteiger partial charge in [-0.2, -0.15) is 0 Å². The fourth-order valence-corrected chi connectivity index (χ4v) is 2.68. The highest BCUT2D eigenvalue weighted by Crippen LogP contribution is 2.38. The lowest BCUT2D eigenvalue weighted by molar-refractivity contribution is -0.123. The van der Waals surface area contributed by atoms with Crippen molar-refractivity contribution in [2.24, 2.45) is 0 Å². The van der Waals surface area contributed by atoms with Gasteiger partial charge in [-0.25, -0.2) is 0 Å². The first kappa shape index (κ1) is 13.3. The quantitative estimate of drug-likeness (QED) is 0.782. The van der Waals surface area contributed by atoms with Crippen molar-refractivity contribution in [2.75, 3.05) is 29.9 Å². The highest BCUT2D eigenvalue weighted by atomic mass is 79.9. The summed E-state index contributed by atoms with van der Waals surface area (Å²) in [5, 5.41) is 21.3. The Kier molecular flexibility index (Phi) is 3.89. The van der Waals surface area contributed by atoms with Gasteiger partial charge < -0.3 is 20.4 Å². The van der Waals surface area contributed by atoms with Crippen LogP contribution in [0.15, 0.2) is 16.6 Å². The Morgan fingerprint density at radius 1 is 1.50 bits per heavy atom. The standard InChI is InChI=1S/C12H15BrN2O3/c1-2-15(3-4-16)10-6-9-7(5-8(10)13)11(17)12(18)14-9/h5-6,11,16-17H,2-4H2,1H3,(H,14,18). The molecule has 1 amide bonds. The van der Waals surface area contributed by atoms with Crippen molar-refractivity contribution in [3.05, 3.63) is 22.2 Å². The van der Waals surface area contributed by atoms with Crippen LogP contribution >= 0.6 is 15.9 Å². The number of nitrogens with zero attached hydrogens (tertiary/aromatic N) is 1. The molecule has 1 atom stereocenters. The third-order valence-electron chi connectivity index (χ3n) is 3.01. The molecule has 98 valence electrons. The zero-order valence-corrected chi connectivity index (χ0v) is 11.6. The molecule has 3 N–H and O–H groups in total. The molecule has 0 saturated heterocycles. The van der Waals surface area contributed by atoms with E-state index in [0.29, 0.717) is 17.8 Å². The number of benzene rings is 1. The number of rotatable bonds is 4. The summed E-state index contributed by atoms with van der Waals surface area (Å²) in [6.07, 6.45) is -1.10. The predicted octanol–water partition coefficient (Wildman–Crippen LogP) is 1.25. The summed E-state index contributed by atoms with van der Waals surface area (Å²) in [4.78, 5) is 13.4. The number of carbonyl (C=O) groups is 1. The lowest BCUT2D eigenvalue weighted by Crippen LogP contribution is -2.26. The summed E-state index contributed by atoms with van der Waals surface area (Å²) >= 11 is 3.44. The molecule has 0 aromatic heterocycles. The van der Waals surface area contributed by atoms with Crippen molar-refractivity contribution in [3.63, 3.8) is 0 Å². The summed E-state index contributed by atoms with van der Waals surface area (Å²) in [5.74, 6) is -0.403. The Morgan fingerprint density at radius 3 is 2.83 bits per heavy atom. The number of hydrogen-bond donors (Lipinski definition) is 3. The second kappa shape index (κ2) is 5.26. The number of halogens is 1. The van der Waals surface area contributed by atoms with Crippen LogP contribution in [0.25, 0.3) is 0 Å². The summed E-state index contributed by atoms with van der Waals surface area (Å²) < 4.78 is 0.798. The molecule has 1 aromatic rings. The predicted molar refractivity (Wildman–Crippen MR) is 72.7 cm³/mol. The van der Waals surface area contributed by atoms with Gasteiger partial charge in [-0.05, 0) is 35.0 Å². The maximum Gasteiger partial charge on any atom is 0.257 e. The summed E-state index contributed by atoms with van der Waals surface area (Å²) in [6, 6.07) is 3.56.